The number of nitrogens with one attached hydrogen (secondary N) is 1. The molecule has 2 aromatic carbocycles. The molecule has 0 aliphatic carbocycles. The second-order valence-corrected chi connectivity index (χ2v) is 8.65. The molecule has 0 saturated heterocycles. The van der Waals surface area contributed by atoms with Gasteiger partial charge in [0.2, 0.25) is 5.82 Å². The third-order valence-electron chi connectivity index (χ3n) is 5.23. The standard InChI is InChI=1S/C23H15ClF2N4O2S/c1-12-19(22-28-21(29-32-22)18-6-3-9-33-18)20(13-4-2-5-14(24)10-13)27-23(31)30(12)15-7-8-16(25)17(26)11-15/h2-11,20H,1H3,(H,27,31). The van der Waals surface area contributed by atoms with Crippen LogP contribution >= 0.6 is 22.9 Å². The summed E-state index contributed by atoms with van der Waals surface area (Å²) in [6.45, 7) is 1.68. The highest BCUT2D eigenvalue weighted by Crippen LogP contribution is 2.40. The molecule has 0 fully saturated rings. The number of allylic oxidation sites excluding steroid dienone is 1. The van der Waals surface area contributed by atoms with Crippen LogP contribution in [0, 0.1) is 11.6 Å². The van der Waals surface area contributed by atoms with E-state index in [0.717, 1.165) is 17.0 Å². The van der Waals surface area contributed by atoms with Crippen molar-refractivity contribution in [1.29, 1.82) is 0 Å². The highest BCUT2D eigenvalue weighted by Gasteiger charge is 2.37. The predicted octanol–water partition coefficient (Wildman–Crippen LogP) is 6.43. The van der Waals surface area contributed by atoms with E-state index < -0.39 is 23.7 Å². The van der Waals surface area contributed by atoms with Gasteiger partial charge in [-0.25, -0.2) is 13.6 Å². The summed E-state index contributed by atoms with van der Waals surface area (Å²) in [5.41, 5.74) is 1.79. The van der Waals surface area contributed by atoms with Gasteiger partial charge < -0.3 is 9.84 Å². The fourth-order valence-corrected chi connectivity index (χ4v) is 4.58. The Morgan fingerprint density at radius 3 is 2.70 bits per heavy atom. The molecule has 5 rings (SSSR count). The van der Waals surface area contributed by atoms with Crippen molar-refractivity contribution in [3.63, 3.8) is 0 Å². The Morgan fingerprint density at radius 1 is 1.12 bits per heavy atom. The zero-order valence-corrected chi connectivity index (χ0v) is 18.6. The first-order valence-electron chi connectivity index (χ1n) is 9.82. The minimum atomic E-state index is -1.07. The van der Waals surface area contributed by atoms with E-state index in [9.17, 15) is 13.6 Å². The smallest absolute Gasteiger partial charge is 0.327 e. The summed E-state index contributed by atoms with van der Waals surface area (Å²) >= 11 is 7.65. The van der Waals surface area contributed by atoms with Crippen molar-refractivity contribution in [2.24, 2.45) is 0 Å². The summed E-state index contributed by atoms with van der Waals surface area (Å²) < 4.78 is 33.0. The number of aromatic nitrogens is 2. The summed E-state index contributed by atoms with van der Waals surface area (Å²) in [4.78, 5) is 19.7. The van der Waals surface area contributed by atoms with Gasteiger partial charge in [0.05, 0.1) is 22.2 Å². The third-order valence-corrected chi connectivity index (χ3v) is 6.33. The van der Waals surface area contributed by atoms with E-state index in [2.05, 4.69) is 15.5 Å². The van der Waals surface area contributed by atoms with Crippen molar-refractivity contribution in [3.8, 4) is 10.7 Å². The first-order valence-corrected chi connectivity index (χ1v) is 11.1. The average Bonchev–Trinajstić information content (AvgIpc) is 3.48. The van der Waals surface area contributed by atoms with E-state index >= 15 is 0 Å². The van der Waals surface area contributed by atoms with Crippen molar-refractivity contribution < 1.29 is 18.1 Å². The molecule has 1 unspecified atom stereocenters. The lowest BCUT2D eigenvalue weighted by molar-refractivity contribution is 0.244. The lowest BCUT2D eigenvalue weighted by Crippen LogP contribution is -2.46. The summed E-state index contributed by atoms with van der Waals surface area (Å²) in [5.74, 6) is -1.48. The Hall–Kier alpha value is -3.56. The van der Waals surface area contributed by atoms with Crippen LogP contribution in [-0.4, -0.2) is 16.2 Å². The van der Waals surface area contributed by atoms with Crippen LogP contribution in [0.15, 0.2) is 70.2 Å². The second kappa shape index (κ2) is 8.42. The van der Waals surface area contributed by atoms with Gasteiger partial charge >= 0.3 is 6.03 Å². The molecule has 2 aromatic heterocycles. The highest BCUT2D eigenvalue weighted by atomic mass is 35.5. The van der Waals surface area contributed by atoms with Gasteiger partial charge in [-0.3, -0.25) is 4.90 Å². The number of anilines is 1. The Bertz CT molecular complexity index is 1390. The molecule has 10 heteroatoms. The van der Waals surface area contributed by atoms with Crippen LogP contribution in [0.5, 0.6) is 0 Å². The molecule has 1 atom stereocenters. The van der Waals surface area contributed by atoms with Gasteiger partial charge in [-0.2, -0.15) is 4.98 Å². The van der Waals surface area contributed by atoms with Crippen molar-refractivity contribution in [3.05, 3.63) is 93.8 Å². The Labute approximate surface area is 196 Å². The molecule has 6 nitrogen and oxygen atoms in total. The Morgan fingerprint density at radius 2 is 1.97 bits per heavy atom. The van der Waals surface area contributed by atoms with Crippen molar-refractivity contribution in [1.82, 2.24) is 15.5 Å². The first kappa shape index (κ1) is 21.3. The Balaban J connectivity index is 1.68. The van der Waals surface area contributed by atoms with Gasteiger partial charge in [0, 0.05) is 16.8 Å². The quantitative estimate of drug-likeness (QED) is 0.362. The van der Waals surface area contributed by atoms with E-state index in [4.69, 9.17) is 16.1 Å². The fraction of sp³-hybridized carbons (Fsp3) is 0.0870. The number of nitrogens with zero attached hydrogens (tertiary/aromatic N) is 3. The maximum absolute atomic E-state index is 14.0. The molecular weight excluding hydrogens is 470 g/mol. The number of hydrogen-bond acceptors (Lipinski definition) is 5. The molecule has 0 spiro atoms. The molecule has 1 N–H and O–H groups in total. The second-order valence-electron chi connectivity index (χ2n) is 7.27. The van der Waals surface area contributed by atoms with Crippen molar-refractivity contribution in [2.75, 3.05) is 4.90 Å². The largest absolute Gasteiger partial charge is 0.334 e. The van der Waals surface area contributed by atoms with Gasteiger partial charge in [0.15, 0.2) is 11.6 Å². The molecule has 0 radical (unpaired) electrons. The van der Waals surface area contributed by atoms with Crippen LogP contribution < -0.4 is 10.2 Å². The normalized spacial score (nSPS) is 16.3. The number of thiophene rings is 1. The SMILES string of the molecule is CC1=C(c2nc(-c3cccs3)no2)C(c2cccc(Cl)c2)NC(=O)N1c1ccc(F)c(F)c1. The van der Waals surface area contributed by atoms with Crippen LogP contribution in [0.4, 0.5) is 19.3 Å². The molecule has 2 amide bonds. The van der Waals surface area contributed by atoms with Gasteiger partial charge in [0.25, 0.3) is 5.89 Å². The number of rotatable bonds is 4. The number of urea groups is 1. The molecular formula is C23H15ClF2N4O2S. The molecule has 0 bridgehead atoms. The maximum Gasteiger partial charge on any atom is 0.327 e. The van der Waals surface area contributed by atoms with Crippen LogP contribution in [0.3, 0.4) is 0 Å². The zero-order valence-electron chi connectivity index (χ0n) is 17.1. The summed E-state index contributed by atoms with van der Waals surface area (Å²) in [5, 5.41) is 9.37. The number of halogens is 3. The predicted molar refractivity (Wildman–Crippen MR) is 122 cm³/mol. The zero-order chi connectivity index (χ0) is 23.1. The topological polar surface area (TPSA) is 71.3 Å². The number of carbonyl (C=O) groups is 1. The van der Waals surface area contributed by atoms with Crippen molar-refractivity contribution >= 4 is 40.2 Å². The summed E-state index contributed by atoms with van der Waals surface area (Å²) in [6.07, 6.45) is 0. The van der Waals surface area contributed by atoms with Gasteiger partial charge in [-0.1, -0.05) is 35.0 Å². The fourth-order valence-electron chi connectivity index (χ4n) is 3.73. The third kappa shape index (κ3) is 3.90. The molecule has 0 saturated carbocycles. The number of hydrogen-bond donors (Lipinski definition) is 1. The lowest BCUT2D eigenvalue weighted by Gasteiger charge is -2.35. The molecule has 1 aliphatic rings. The number of amides is 2. The van der Waals surface area contributed by atoms with Gasteiger partial charge in [-0.05, 0) is 48.2 Å². The molecule has 166 valence electrons. The van der Waals surface area contributed by atoms with Crippen LogP contribution in [0.25, 0.3) is 16.3 Å². The number of carbonyl (C=O) groups excluding carboxylic acids is 1. The molecule has 33 heavy (non-hydrogen) atoms. The average molecular weight is 485 g/mol. The Kier molecular flexibility index (Phi) is 5.43. The van der Waals surface area contributed by atoms with E-state index in [1.165, 1.54) is 22.3 Å². The van der Waals surface area contributed by atoms with Crippen molar-refractivity contribution in [2.45, 2.75) is 13.0 Å². The highest BCUT2D eigenvalue weighted by molar-refractivity contribution is 7.13. The minimum absolute atomic E-state index is 0.156. The summed E-state index contributed by atoms with van der Waals surface area (Å²) in [7, 11) is 0. The van der Waals surface area contributed by atoms with E-state index in [1.54, 1.807) is 25.1 Å². The molecule has 3 heterocycles. The maximum atomic E-state index is 14.0. The van der Waals surface area contributed by atoms with Crippen LogP contribution in [0.2, 0.25) is 5.02 Å². The van der Waals surface area contributed by atoms with E-state index in [0.29, 0.717) is 27.7 Å². The summed E-state index contributed by atoms with van der Waals surface area (Å²) in [6, 6.07) is 12.8. The van der Waals surface area contributed by atoms with Gasteiger partial charge in [-0.15, -0.1) is 11.3 Å². The van der Waals surface area contributed by atoms with Crippen LogP contribution in [-0.2, 0) is 0 Å². The molecule has 4 aromatic rings. The van der Waals surface area contributed by atoms with E-state index in [-0.39, 0.29) is 11.6 Å². The first-order chi connectivity index (χ1) is 15.9. The van der Waals surface area contributed by atoms with Gasteiger partial charge in [0.1, 0.15) is 0 Å². The molecule has 1 aliphatic heterocycles. The monoisotopic (exact) mass is 484 g/mol. The van der Waals surface area contributed by atoms with Crippen LogP contribution in [0.1, 0.15) is 24.4 Å². The number of benzene rings is 2. The van der Waals surface area contributed by atoms with E-state index in [1.807, 2.05) is 23.6 Å². The lowest BCUT2D eigenvalue weighted by atomic mass is 9.94. The minimum Gasteiger partial charge on any atom is -0.334 e.